The smallest absolute Gasteiger partial charge is 0.341 e. The van der Waals surface area contributed by atoms with Gasteiger partial charge in [0.05, 0.1) is 0 Å². The fourth-order valence-corrected chi connectivity index (χ4v) is 3.01. The highest BCUT2D eigenvalue weighted by atomic mass is 32.2. The highest BCUT2D eigenvalue weighted by Gasteiger charge is 2.18. The molecule has 0 aromatic carbocycles. The zero-order valence-electron chi connectivity index (χ0n) is 8.73. The van der Waals surface area contributed by atoms with E-state index < -0.39 is 11.5 Å². The van der Waals surface area contributed by atoms with Crippen LogP contribution in [0.15, 0.2) is 16.9 Å². The fourth-order valence-electron chi connectivity index (χ4n) is 1.90. The van der Waals surface area contributed by atoms with E-state index in [1.807, 2.05) is 11.8 Å². The molecule has 1 aliphatic rings. The number of hydrogen-bond acceptors (Lipinski definition) is 3. The maximum Gasteiger partial charge on any atom is 0.341 e. The number of thioether (sulfide) groups is 1. The molecule has 2 heterocycles. The Morgan fingerprint density at radius 3 is 2.62 bits per heavy atom. The molecule has 2 N–H and O–H groups in total. The normalized spacial score (nSPS) is 17.2. The monoisotopic (exact) mass is 239 g/mol. The Kier molecular flexibility index (Phi) is 3.33. The van der Waals surface area contributed by atoms with E-state index in [2.05, 4.69) is 4.98 Å². The zero-order chi connectivity index (χ0) is 11.5. The summed E-state index contributed by atoms with van der Waals surface area (Å²) in [6, 6.07) is 3.13. The molecule has 0 unspecified atom stereocenters. The van der Waals surface area contributed by atoms with Gasteiger partial charge in [0, 0.05) is 11.6 Å². The topological polar surface area (TPSA) is 70.2 Å². The molecule has 1 aliphatic heterocycles. The summed E-state index contributed by atoms with van der Waals surface area (Å²) in [5.41, 5.74) is 0.187. The number of hydrogen-bond donors (Lipinski definition) is 2. The molecule has 0 spiro atoms. The lowest BCUT2D eigenvalue weighted by Crippen LogP contribution is -2.20. The molecule has 0 amide bonds. The van der Waals surface area contributed by atoms with E-state index in [0.29, 0.717) is 5.92 Å². The van der Waals surface area contributed by atoms with E-state index in [1.54, 1.807) is 6.07 Å². The number of carbonyl (C=O) groups is 1. The van der Waals surface area contributed by atoms with Gasteiger partial charge in [0.2, 0.25) is 0 Å². The lowest BCUT2D eigenvalue weighted by molar-refractivity contribution is 0.0695. The van der Waals surface area contributed by atoms with Crippen molar-refractivity contribution in [3.05, 3.63) is 33.7 Å². The largest absolute Gasteiger partial charge is 0.477 e. The van der Waals surface area contributed by atoms with Crippen LogP contribution >= 0.6 is 11.8 Å². The summed E-state index contributed by atoms with van der Waals surface area (Å²) in [5.74, 6) is 1.41. The molecule has 0 bridgehead atoms. The van der Waals surface area contributed by atoms with Crippen molar-refractivity contribution in [3.63, 3.8) is 0 Å². The van der Waals surface area contributed by atoms with Crippen molar-refractivity contribution in [2.45, 2.75) is 18.8 Å². The second-order valence-electron chi connectivity index (χ2n) is 3.85. The summed E-state index contributed by atoms with van der Waals surface area (Å²) in [6.07, 6.45) is 2.10. The lowest BCUT2D eigenvalue weighted by atomic mass is 9.98. The third kappa shape index (κ3) is 2.29. The average molecular weight is 239 g/mol. The van der Waals surface area contributed by atoms with Gasteiger partial charge in [0.15, 0.2) is 0 Å². The lowest BCUT2D eigenvalue weighted by Gasteiger charge is -2.21. The maximum atomic E-state index is 11.5. The molecule has 5 heteroatoms. The van der Waals surface area contributed by atoms with Gasteiger partial charge in [-0.05, 0) is 36.5 Å². The molecule has 1 aromatic rings. The van der Waals surface area contributed by atoms with Gasteiger partial charge in [0.25, 0.3) is 5.56 Å². The Balaban J connectivity index is 2.26. The molecule has 86 valence electrons. The summed E-state index contributed by atoms with van der Waals surface area (Å²) in [7, 11) is 0. The molecule has 1 fully saturated rings. The van der Waals surface area contributed by atoms with Crippen molar-refractivity contribution < 1.29 is 9.90 Å². The van der Waals surface area contributed by atoms with Crippen molar-refractivity contribution in [2.75, 3.05) is 11.5 Å². The van der Waals surface area contributed by atoms with Crippen molar-refractivity contribution in [1.29, 1.82) is 0 Å². The van der Waals surface area contributed by atoms with Crippen LogP contribution in [0.5, 0.6) is 0 Å². The highest BCUT2D eigenvalue weighted by molar-refractivity contribution is 7.99. The Morgan fingerprint density at radius 2 is 2.06 bits per heavy atom. The van der Waals surface area contributed by atoms with Crippen LogP contribution in [0, 0.1) is 0 Å². The third-order valence-corrected chi connectivity index (χ3v) is 3.87. The van der Waals surface area contributed by atoms with Crippen LogP contribution in [0.3, 0.4) is 0 Å². The summed E-state index contributed by atoms with van der Waals surface area (Å²) in [6.45, 7) is 0. The average Bonchev–Trinajstić information content (AvgIpc) is 2.29. The summed E-state index contributed by atoms with van der Waals surface area (Å²) in [5, 5.41) is 8.74. The number of aromatic carboxylic acids is 1. The molecule has 0 radical (unpaired) electrons. The molecular weight excluding hydrogens is 226 g/mol. The minimum absolute atomic E-state index is 0.186. The number of rotatable bonds is 2. The first kappa shape index (κ1) is 11.3. The Labute approximate surface area is 97.1 Å². The SMILES string of the molecule is O=C(O)c1ccc(C2CCSCC2)[nH]c1=O. The number of pyridine rings is 1. The van der Waals surface area contributed by atoms with Crippen LogP contribution in [-0.4, -0.2) is 27.6 Å². The maximum absolute atomic E-state index is 11.5. The first-order valence-electron chi connectivity index (χ1n) is 5.23. The fraction of sp³-hybridized carbons (Fsp3) is 0.455. The molecule has 4 nitrogen and oxygen atoms in total. The molecule has 16 heavy (non-hydrogen) atoms. The first-order valence-corrected chi connectivity index (χ1v) is 6.38. The molecular formula is C11H13NO3S. The van der Waals surface area contributed by atoms with Gasteiger partial charge in [-0.2, -0.15) is 11.8 Å². The Bertz CT molecular complexity index is 449. The van der Waals surface area contributed by atoms with Crippen molar-refractivity contribution in [1.82, 2.24) is 4.98 Å². The predicted octanol–water partition coefficient (Wildman–Crippen LogP) is 1.68. The van der Waals surface area contributed by atoms with E-state index in [9.17, 15) is 9.59 Å². The summed E-state index contributed by atoms with van der Waals surface area (Å²) < 4.78 is 0. The van der Waals surface area contributed by atoms with E-state index in [1.165, 1.54) is 6.07 Å². The van der Waals surface area contributed by atoms with E-state index in [0.717, 1.165) is 30.0 Å². The van der Waals surface area contributed by atoms with Crippen molar-refractivity contribution in [3.8, 4) is 0 Å². The number of nitrogens with one attached hydrogen (secondary N) is 1. The van der Waals surface area contributed by atoms with Gasteiger partial charge in [-0.15, -0.1) is 0 Å². The summed E-state index contributed by atoms with van der Waals surface area (Å²) >= 11 is 1.92. The molecule has 1 saturated heterocycles. The standard InChI is InChI=1S/C11H13NO3S/c13-10-8(11(14)15)1-2-9(12-10)7-3-5-16-6-4-7/h1-2,7H,3-6H2,(H,12,13)(H,14,15). The van der Waals surface area contributed by atoms with Gasteiger partial charge in [0.1, 0.15) is 5.56 Å². The molecule has 0 aliphatic carbocycles. The number of carboxylic acid groups (broad SMARTS) is 1. The minimum Gasteiger partial charge on any atom is -0.477 e. The highest BCUT2D eigenvalue weighted by Crippen LogP contribution is 2.29. The van der Waals surface area contributed by atoms with Crippen molar-refractivity contribution in [2.24, 2.45) is 0 Å². The van der Waals surface area contributed by atoms with E-state index in [-0.39, 0.29) is 5.56 Å². The second kappa shape index (κ2) is 4.74. The zero-order valence-corrected chi connectivity index (χ0v) is 9.55. The third-order valence-electron chi connectivity index (χ3n) is 2.82. The molecule has 1 aromatic heterocycles. The van der Waals surface area contributed by atoms with E-state index in [4.69, 9.17) is 5.11 Å². The van der Waals surface area contributed by atoms with Gasteiger partial charge in [-0.3, -0.25) is 4.79 Å². The van der Waals surface area contributed by atoms with Gasteiger partial charge in [-0.1, -0.05) is 0 Å². The van der Waals surface area contributed by atoms with Gasteiger partial charge in [-0.25, -0.2) is 4.79 Å². The number of aromatic nitrogens is 1. The second-order valence-corrected chi connectivity index (χ2v) is 5.07. The summed E-state index contributed by atoms with van der Waals surface area (Å²) in [4.78, 5) is 24.8. The van der Waals surface area contributed by atoms with Crippen LogP contribution in [0.25, 0.3) is 0 Å². The minimum atomic E-state index is -1.17. The Morgan fingerprint density at radius 1 is 1.38 bits per heavy atom. The Hall–Kier alpha value is -1.23. The molecule has 0 atom stereocenters. The first-order chi connectivity index (χ1) is 7.68. The quantitative estimate of drug-likeness (QED) is 0.823. The van der Waals surface area contributed by atoms with Gasteiger partial charge >= 0.3 is 5.97 Å². The van der Waals surface area contributed by atoms with Crippen molar-refractivity contribution >= 4 is 17.7 Å². The van der Waals surface area contributed by atoms with Crippen LogP contribution in [0.2, 0.25) is 0 Å². The van der Waals surface area contributed by atoms with Gasteiger partial charge < -0.3 is 10.1 Å². The number of H-pyrrole nitrogens is 1. The van der Waals surface area contributed by atoms with Crippen LogP contribution in [0.1, 0.15) is 34.8 Å². The number of aromatic amines is 1. The molecule has 0 saturated carbocycles. The number of carboxylic acids is 1. The molecule has 2 rings (SSSR count). The van der Waals surface area contributed by atoms with Crippen LogP contribution in [0.4, 0.5) is 0 Å². The van der Waals surface area contributed by atoms with Crippen LogP contribution in [-0.2, 0) is 0 Å². The van der Waals surface area contributed by atoms with E-state index >= 15 is 0 Å². The predicted molar refractivity (Wildman–Crippen MR) is 63.3 cm³/mol. The van der Waals surface area contributed by atoms with Crippen LogP contribution < -0.4 is 5.56 Å².